The van der Waals surface area contributed by atoms with Crippen LogP contribution in [0.15, 0.2) is 18.2 Å². The van der Waals surface area contributed by atoms with Crippen LogP contribution in [-0.4, -0.2) is 31.0 Å². The summed E-state index contributed by atoms with van der Waals surface area (Å²) >= 11 is 0. The van der Waals surface area contributed by atoms with E-state index in [1.807, 2.05) is 26.0 Å². The third-order valence-corrected chi connectivity index (χ3v) is 3.63. The predicted molar refractivity (Wildman–Crippen MR) is 76.9 cm³/mol. The van der Waals surface area contributed by atoms with Gasteiger partial charge in [0.05, 0.1) is 7.11 Å². The highest BCUT2D eigenvalue weighted by Crippen LogP contribution is 2.29. The molecule has 1 aromatic carbocycles. The summed E-state index contributed by atoms with van der Waals surface area (Å²) in [5.41, 5.74) is 1.68. The van der Waals surface area contributed by atoms with Gasteiger partial charge in [-0.1, -0.05) is 6.92 Å². The highest BCUT2D eigenvalue weighted by Gasteiger charge is 2.38. The van der Waals surface area contributed by atoms with Crippen LogP contribution in [-0.2, 0) is 9.59 Å². The van der Waals surface area contributed by atoms with Gasteiger partial charge >= 0.3 is 0 Å². The molecule has 2 amide bonds. The Labute approximate surface area is 118 Å². The molecule has 1 N–H and O–H groups in total. The molecular weight excluding hydrogens is 256 g/mol. The molecule has 5 nitrogen and oxygen atoms in total. The lowest BCUT2D eigenvalue weighted by atomic mass is 10.0. The summed E-state index contributed by atoms with van der Waals surface area (Å²) in [6.45, 7) is 5.52. The fraction of sp³-hybridized carbons (Fsp3) is 0.467. The molecule has 1 aliphatic heterocycles. The van der Waals surface area contributed by atoms with Crippen molar-refractivity contribution in [2.75, 3.05) is 12.0 Å². The SMILES string of the molecule is CCC1C(=O)NC(C)C(=O)N1c1ccc(OC)cc1C. The Hall–Kier alpha value is -2.04. The number of methoxy groups -OCH3 is 1. The van der Waals surface area contributed by atoms with E-state index in [0.29, 0.717) is 6.42 Å². The van der Waals surface area contributed by atoms with Gasteiger partial charge in [0.15, 0.2) is 0 Å². The van der Waals surface area contributed by atoms with Gasteiger partial charge in [-0.25, -0.2) is 0 Å². The van der Waals surface area contributed by atoms with Gasteiger partial charge < -0.3 is 10.1 Å². The molecule has 108 valence electrons. The zero-order valence-electron chi connectivity index (χ0n) is 12.3. The molecule has 0 aliphatic carbocycles. The maximum Gasteiger partial charge on any atom is 0.250 e. The Bertz CT molecular complexity index is 542. The van der Waals surface area contributed by atoms with Crippen molar-refractivity contribution in [2.24, 2.45) is 0 Å². The molecule has 2 atom stereocenters. The number of nitrogens with zero attached hydrogens (tertiary/aromatic N) is 1. The van der Waals surface area contributed by atoms with Crippen molar-refractivity contribution in [3.05, 3.63) is 23.8 Å². The van der Waals surface area contributed by atoms with Gasteiger partial charge in [0.1, 0.15) is 17.8 Å². The van der Waals surface area contributed by atoms with Gasteiger partial charge in [0.25, 0.3) is 0 Å². The van der Waals surface area contributed by atoms with E-state index >= 15 is 0 Å². The molecule has 1 heterocycles. The second kappa shape index (κ2) is 5.53. The van der Waals surface area contributed by atoms with Crippen molar-refractivity contribution < 1.29 is 14.3 Å². The first-order valence-electron chi connectivity index (χ1n) is 6.77. The minimum Gasteiger partial charge on any atom is -0.497 e. The van der Waals surface area contributed by atoms with E-state index in [2.05, 4.69) is 5.32 Å². The van der Waals surface area contributed by atoms with Crippen molar-refractivity contribution in [2.45, 2.75) is 39.3 Å². The summed E-state index contributed by atoms with van der Waals surface area (Å²) in [6.07, 6.45) is 0.579. The normalized spacial score (nSPS) is 22.7. The lowest BCUT2D eigenvalue weighted by molar-refractivity contribution is -0.133. The molecule has 0 saturated carbocycles. The van der Waals surface area contributed by atoms with Crippen LogP contribution < -0.4 is 15.0 Å². The standard InChI is InChI=1S/C15H20N2O3/c1-5-12-14(18)16-10(3)15(19)17(12)13-7-6-11(20-4)8-9(13)2/h6-8,10,12H,5H2,1-4H3,(H,16,18). The monoisotopic (exact) mass is 276 g/mol. The number of rotatable bonds is 3. The van der Waals surface area contributed by atoms with Crippen LogP contribution in [0.1, 0.15) is 25.8 Å². The van der Waals surface area contributed by atoms with Crippen LogP contribution in [0, 0.1) is 6.92 Å². The summed E-state index contributed by atoms with van der Waals surface area (Å²) in [7, 11) is 1.60. The molecular formula is C15H20N2O3. The smallest absolute Gasteiger partial charge is 0.250 e. The van der Waals surface area contributed by atoms with Gasteiger partial charge in [-0.2, -0.15) is 0 Å². The molecule has 1 aliphatic rings. The van der Waals surface area contributed by atoms with Gasteiger partial charge in [0, 0.05) is 5.69 Å². The van der Waals surface area contributed by atoms with E-state index in [1.54, 1.807) is 25.0 Å². The largest absolute Gasteiger partial charge is 0.497 e. The van der Waals surface area contributed by atoms with Crippen LogP contribution in [0.5, 0.6) is 5.75 Å². The van der Waals surface area contributed by atoms with Crippen LogP contribution >= 0.6 is 0 Å². The zero-order valence-corrected chi connectivity index (χ0v) is 12.3. The number of nitrogens with one attached hydrogen (secondary N) is 1. The van der Waals surface area contributed by atoms with Gasteiger partial charge in [0.2, 0.25) is 11.8 Å². The second-order valence-electron chi connectivity index (χ2n) is 5.01. The molecule has 2 rings (SSSR count). The Kier molecular flexibility index (Phi) is 3.97. The number of amides is 2. The number of carbonyl (C=O) groups is 2. The average Bonchev–Trinajstić information content (AvgIpc) is 2.43. The summed E-state index contributed by atoms with van der Waals surface area (Å²) < 4.78 is 5.18. The molecule has 20 heavy (non-hydrogen) atoms. The lowest BCUT2D eigenvalue weighted by Crippen LogP contribution is -2.62. The number of aryl methyl sites for hydroxylation is 1. The van der Waals surface area contributed by atoms with E-state index < -0.39 is 12.1 Å². The zero-order chi connectivity index (χ0) is 14.9. The summed E-state index contributed by atoms with van der Waals surface area (Å²) in [6, 6.07) is 4.56. The van der Waals surface area contributed by atoms with Crippen molar-refractivity contribution in [3.8, 4) is 5.75 Å². The number of piperazine rings is 1. The Morgan fingerprint density at radius 3 is 2.60 bits per heavy atom. The number of carbonyl (C=O) groups excluding carboxylic acids is 2. The second-order valence-corrected chi connectivity index (χ2v) is 5.01. The van der Waals surface area contributed by atoms with Crippen molar-refractivity contribution in [1.29, 1.82) is 0 Å². The van der Waals surface area contributed by atoms with Crippen molar-refractivity contribution in [1.82, 2.24) is 5.32 Å². The Balaban J connectivity index is 2.46. The third kappa shape index (κ3) is 2.35. The first-order valence-corrected chi connectivity index (χ1v) is 6.77. The molecule has 0 aromatic heterocycles. The average molecular weight is 276 g/mol. The predicted octanol–water partition coefficient (Wildman–Crippen LogP) is 1.63. The minimum atomic E-state index is -0.494. The molecule has 1 fully saturated rings. The van der Waals surface area contributed by atoms with Crippen molar-refractivity contribution >= 4 is 17.5 Å². The highest BCUT2D eigenvalue weighted by atomic mass is 16.5. The summed E-state index contributed by atoms with van der Waals surface area (Å²) in [4.78, 5) is 26.1. The number of benzene rings is 1. The highest BCUT2D eigenvalue weighted by molar-refractivity contribution is 6.08. The van der Waals surface area contributed by atoms with E-state index in [4.69, 9.17) is 4.74 Å². The van der Waals surface area contributed by atoms with E-state index in [0.717, 1.165) is 17.0 Å². The first-order chi connectivity index (χ1) is 9.49. The molecule has 0 radical (unpaired) electrons. The number of hydrogen-bond donors (Lipinski definition) is 1. The van der Waals surface area contributed by atoms with E-state index in [1.165, 1.54) is 0 Å². The fourth-order valence-corrected chi connectivity index (χ4v) is 2.53. The third-order valence-electron chi connectivity index (χ3n) is 3.63. The lowest BCUT2D eigenvalue weighted by Gasteiger charge is -2.38. The maximum absolute atomic E-state index is 12.4. The summed E-state index contributed by atoms with van der Waals surface area (Å²) in [5.74, 6) is 0.556. The van der Waals surface area contributed by atoms with Gasteiger partial charge in [-0.05, 0) is 44.0 Å². The van der Waals surface area contributed by atoms with Gasteiger partial charge in [-0.15, -0.1) is 0 Å². The minimum absolute atomic E-state index is 0.0790. The van der Waals surface area contributed by atoms with E-state index in [-0.39, 0.29) is 11.8 Å². The topological polar surface area (TPSA) is 58.6 Å². The molecule has 1 aromatic rings. The van der Waals surface area contributed by atoms with Crippen LogP contribution in [0.3, 0.4) is 0 Å². The van der Waals surface area contributed by atoms with Crippen LogP contribution in [0.4, 0.5) is 5.69 Å². The number of ether oxygens (including phenoxy) is 1. The Morgan fingerprint density at radius 2 is 2.05 bits per heavy atom. The quantitative estimate of drug-likeness (QED) is 0.913. The van der Waals surface area contributed by atoms with Crippen molar-refractivity contribution in [3.63, 3.8) is 0 Å². The molecule has 5 heteroatoms. The molecule has 0 bridgehead atoms. The van der Waals surface area contributed by atoms with E-state index in [9.17, 15) is 9.59 Å². The Morgan fingerprint density at radius 1 is 1.35 bits per heavy atom. The molecule has 0 spiro atoms. The maximum atomic E-state index is 12.4. The van der Waals surface area contributed by atoms with Gasteiger partial charge in [-0.3, -0.25) is 14.5 Å². The number of anilines is 1. The first kappa shape index (κ1) is 14.4. The van der Waals surface area contributed by atoms with Crippen LogP contribution in [0.2, 0.25) is 0 Å². The van der Waals surface area contributed by atoms with Crippen LogP contribution in [0.25, 0.3) is 0 Å². The number of hydrogen-bond acceptors (Lipinski definition) is 3. The summed E-state index contributed by atoms with van der Waals surface area (Å²) in [5, 5.41) is 2.72. The fourth-order valence-electron chi connectivity index (χ4n) is 2.53. The molecule has 2 unspecified atom stereocenters. The molecule has 1 saturated heterocycles.